The van der Waals surface area contributed by atoms with Crippen molar-refractivity contribution < 1.29 is 14.3 Å². The van der Waals surface area contributed by atoms with Crippen LogP contribution in [-0.2, 0) is 11.3 Å². The van der Waals surface area contributed by atoms with Crippen LogP contribution >= 0.6 is 0 Å². The Labute approximate surface area is 141 Å². The maximum Gasteiger partial charge on any atom is 0.258 e. The minimum absolute atomic E-state index is 0.0502. The number of hydrogen-bond acceptors (Lipinski definition) is 4. The highest BCUT2D eigenvalue weighted by Gasteiger charge is 2.03. The first kappa shape index (κ1) is 17.4. The summed E-state index contributed by atoms with van der Waals surface area (Å²) in [5, 5.41) is 11.5. The molecule has 24 heavy (non-hydrogen) atoms. The molecule has 0 aliphatic heterocycles. The second-order valence-corrected chi connectivity index (χ2v) is 5.19. The van der Waals surface area contributed by atoms with Crippen LogP contribution in [0.25, 0.3) is 0 Å². The van der Waals surface area contributed by atoms with Crippen molar-refractivity contribution in [1.82, 2.24) is 5.32 Å². The summed E-state index contributed by atoms with van der Waals surface area (Å²) >= 11 is 0. The molecule has 0 bridgehead atoms. The molecule has 0 fully saturated rings. The van der Waals surface area contributed by atoms with Crippen molar-refractivity contribution in [2.75, 3.05) is 13.2 Å². The Bertz CT molecular complexity index is 688. The van der Waals surface area contributed by atoms with E-state index >= 15 is 0 Å². The SMILES string of the molecule is CCCOc1ccc(OCC(=O)NCc2ccc(C#N)cc2)cc1. The zero-order valence-corrected chi connectivity index (χ0v) is 13.6. The van der Waals surface area contributed by atoms with Gasteiger partial charge in [-0.1, -0.05) is 19.1 Å². The molecule has 124 valence electrons. The smallest absolute Gasteiger partial charge is 0.258 e. The lowest BCUT2D eigenvalue weighted by molar-refractivity contribution is -0.123. The molecule has 0 aromatic heterocycles. The summed E-state index contributed by atoms with van der Waals surface area (Å²) in [6.45, 7) is 3.08. The molecule has 2 aromatic carbocycles. The van der Waals surface area contributed by atoms with Crippen LogP contribution < -0.4 is 14.8 Å². The molecule has 0 aliphatic rings. The van der Waals surface area contributed by atoms with Crippen molar-refractivity contribution in [2.45, 2.75) is 19.9 Å². The van der Waals surface area contributed by atoms with Crippen molar-refractivity contribution in [3.05, 3.63) is 59.7 Å². The highest BCUT2D eigenvalue weighted by atomic mass is 16.5. The predicted octanol–water partition coefficient (Wildman–Crippen LogP) is 3.04. The molecule has 0 saturated heterocycles. The Hall–Kier alpha value is -3.00. The summed E-state index contributed by atoms with van der Waals surface area (Å²) in [5.74, 6) is 1.20. The molecule has 0 heterocycles. The van der Waals surface area contributed by atoms with E-state index in [0.29, 0.717) is 24.5 Å². The maximum atomic E-state index is 11.8. The molecule has 0 unspecified atom stereocenters. The van der Waals surface area contributed by atoms with Crippen molar-refractivity contribution >= 4 is 5.91 Å². The number of nitrogens with zero attached hydrogens (tertiary/aromatic N) is 1. The third-order valence-corrected chi connectivity index (χ3v) is 3.24. The molecule has 2 aromatic rings. The summed E-state index contributed by atoms with van der Waals surface area (Å²) in [7, 11) is 0. The van der Waals surface area contributed by atoms with Gasteiger partial charge in [-0.15, -0.1) is 0 Å². The number of carbonyl (C=O) groups is 1. The van der Waals surface area contributed by atoms with Gasteiger partial charge in [0.2, 0.25) is 0 Å². The standard InChI is InChI=1S/C19H20N2O3/c1-2-11-23-17-7-9-18(10-8-17)24-14-19(22)21-13-16-5-3-15(12-20)4-6-16/h3-10H,2,11,13-14H2,1H3,(H,21,22). The number of benzene rings is 2. The van der Waals surface area contributed by atoms with E-state index in [1.165, 1.54) is 0 Å². The summed E-state index contributed by atoms with van der Waals surface area (Å²) in [4.78, 5) is 11.8. The number of rotatable bonds is 8. The monoisotopic (exact) mass is 324 g/mol. The van der Waals surface area contributed by atoms with Crippen molar-refractivity contribution in [3.8, 4) is 17.6 Å². The topological polar surface area (TPSA) is 71.3 Å². The zero-order valence-electron chi connectivity index (χ0n) is 13.6. The van der Waals surface area contributed by atoms with E-state index in [1.807, 2.05) is 31.2 Å². The lowest BCUT2D eigenvalue weighted by atomic mass is 10.1. The van der Waals surface area contributed by atoms with Gasteiger partial charge in [0.1, 0.15) is 11.5 Å². The van der Waals surface area contributed by atoms with Gasteiger partial charge in [0.25, 0.3) is 5.91 Å². The number of amides is 1. The van der Waals surface area contributed by atoms with Gasteiger partial charge in [0, 0.05) is 6.54 Å². The fourth-order valence-corrected chi connectivity index (χ4v) is 1.95. The van der Waals surface area contributed by atoms with Gasteiger partial charge < -0.3 is 14.8 Å². The average molecular weight is 324 g/mol. The minimum atomic E-state index is -0.203. The second kappa shape index (κ2) is 9.21. The van der Waals surface area contributed by atoms with Gasteiger partial charge in [0.15, 0.2) is 6.61 Å². The number of ether oxygens (including phenoxy) is 2. The fraction of sp³-hybridized carbons (Fsp3) is 0.263. The number of nitrogens with one attached hydrogen (secondary N) is 1. The lowest BCUT2D eigenvalue weighted by Gasteiger charge is -2.09. The summed E-state index contributed by atoms with van der Waals surface area (Å²) in [6.07, 6.45) is 0.956. The lowest BCUT2D eigenvalue weighted by Crippen LogP contribution is -2.28. The Morgan fingerprint density at radius 1 is 1.04 bits per heavy atom. The molecule has 2 rings (SSSR count). The first-order chi connectivity index (χ1) is 11.7. The molecule has 1 N–H and O–H groups in total. The van der Waals surface area contributed by atoms with Crippen LogP contribution in [0.2, 0.25) is 0 Å². The molecule has 5 nitrogen and oxygen atoms in total. The van der Waals surface area contributed by atoms with E-state index < -0.39 is 0 Å². The Balaban J connectivity index is 1.73. The summed E-state index contributed by atoms with van der Waals surface area (Å²) in [6, 6.07) is 16.3. The summed E-state index contributed by atoms with van der Waals surface area (Å²) in [5.41, 5.74) is 1.53. The fourth-order valence-electron chi connectivity index (χ4n) is 1.95. The molecule has 0 spiro atoms. The average Bonchev–Trinajstić information content (AvgIpc) is 2.64. The van der Waals surface area contributed by atoms with E-state index in [9.17, 15) is 4.79 Å². The van der Waals surface area contributed by atoms with Crippen LogP contribution in [0.5, 0.6) is 11.5 Å². The van der Waals surface area contributed by atoms with Crippen LogP contribution in [-0.4, -0.2) is 19.1 Å². The first-order valence-electron chi connectivity index (χ1n) is 7.82. The number of carbonyl (C=O) groups excluding carboxylic acids is 1. The molecule has 1 amide bonds. The van der Waals surface area contributed by atoms with Gasteiger partial charge in [-0.2, -0.15) is 5.26 Å². The van der Waals surface area contributed by atoms with Gasteiger partial charge in [-0.05, 0) is 48.4 Å². The van der Waals surface area contributed by atoms with Crippen LogP contribution in [0, 0.1) is 11.3 Å². The van der Waals surface area contributed by atoms with Gasteiger partial charge in [-0.25, -0.2) is 0 Å². The molecule has 0 atom stereocenters. The van der Waals surface area contributed by atoms with Crippen LogP contribution in [0.3, 0.4) is 0 Å². The Morgan fingerprint density at radius 3 is 2.25 bits per heavy atom. The van der Waals surface area contributed by atoms with E-state index in [2.05, 4.69) is 11.4 Å². The van der Waals surface area contributed by atoms with Crippen molar-refractivity contribution in [3.63, 3.8) is 0 Å². The molecule has 0 saturated carbocycles. The van der Waals surface area contributed by atoms with Gasteiger partial charge in [0.05, 0.1) is 18.2 Å². The largest absolute Gasteiger partial charge is 0.494 e. The van der Waals surface area contributed by atoms with E-state index in [1.54, 1.807) is 24.3 Å². The van der Waals surface area contributed by atoms with Crippen molar-refractivity contribution in [2.24, 2.45) is 0 Å². The van der Waals surface area contributed by atoms with Crippen molar-refractivity contribution in [1.29, 1.82) is 5.26 Å². The maximum absolute atomic E-state index is 11.8. The molecule has 0 aliphatic carbocycles. The van der Waals surface area contributed by atoms with Gasteiger partial charge in [-0.3, -0.25) is 4.79 Å². The first-order valence-corrected chi connectivity index (χ1v) is 7.82. The van der Waals surface area contributed by atoms with E-state index in [4.69, 9.17) is 14.7 Å². The normalized spacial score (nSPS) is 9.83. The quantitative estimate of drug-likeness (QED) is 0.810. The van der Waals surface area contributed by atoms with Gasteiger partial charge >= 0.3 is 0 Å². The van der Waals surface area contributed by atoms with Crippen LogP contribution in [0.15, 0.2) is 48.5 Å². The predicted molar refractivity (Wildman–Crippen MR) is 90.7 cm³/mol. The Morgan fingerprint density at radius 2 is 1.67 bits per heavy atom. The third-order valence-electron chi connectivity index (χ3n) is 3.24. The Kier molecular flexibility index (Phi) is 6.66. The van der Waals surface area contributed by atoms with E-state index in [-0.39, 0.29) is 12.5 Å². The second-order valence-electron chi connectivity index (χ2n) is 5.19. The highest BCUT2D eigenvalue weighted by Crippen LogP contribution is 2.17. The van der Waals surface area contributed by atoms with Crippen LogP contribution in [0.4, 0.5) is 0 Å². The summed E-state index contributed by atoms with van der Waals surface area (Å²) < 4.78 is 10.9. The van der Waals surface area contributed by atoms with E-state index in [0.717, 1.165) is 17.7 Å². The number of nitriles is 1. The van der Waals surface area contributed by atoms with Crippen LogP contribution in [0.1, 0.15) is 24.5 Å². The highest BCUT2D eigenvalue weighted by molar-refractivity contribution is 5.77. The molecular weight excluding hydrogens is 304 g/mol. The molecule has 0 radical (unpaired) electrons. The molecule has 5 heteroatoms. The molecular formula is C19H20N2O3. The third kappa shape index (κ3) is 5.65. The zero-order chi connectivity index (χ0) is 17.2. The minimum Gasteiger partial charge on any atom is -0.494 e. The number of hydrogen-bond donors (Lipinski definition) is 1.